The van der Waals surface area contributed by atoms with Gasteiger partial charge in [-0.1, -0.05) is 11.8 Å². The quantitative estimate of drug-likeness (QED) is 0.490. The molecule has 1 amide bonds. The normalized spacial score (nSPS) is 11.1. The second-order valence-electron chi connectivity index (χ2n) is 6.45. The number of rotatable bonds is 6. The molecule has 4 rings (SSSR count). The van der Waals surface area contributed by atoms with Crippen molar-refractivity contribution < 1.29 is 9.18 Å². The fraction of sp³-hybridized carbons (Fsp3) is 0.200. The van der Waals surface area contributed by atoms with Gasteiger partial charge in [0, 0.05) is 24.8 Å². The van der Waals surface area contributed by atoms with Crippen LogP contribution < -0.4 is 5.32 Å². The van der Waals surface area contributed by atoms with Crippen molar-refractivity contribution in [2.24, 2.45) is 7.05 Å². The Balaban J connectivity index is 1.50. The van der Waals surface area contributed by atoms with Crippen LogP contribution in [0, 0.1) is 5.82 Å². The number of amides is 1. The predicted molar refractivity (Wildman–Crippen MR) is 111 cm³/mol. The Morgan fingerprint density at radius 3 is 2.72 bits per heavy atom. The number of nitrogens with zero attached hydrogens (tertiary/aromatic N) is 5. The molecule has 4 aromatic rings. The van der Waals surface area contributed by atoms with Crippen LogP contribution >= 0.6 is 11.8 Å². The fourth-order valence-electron chi connectivity index (χ4n) is 3.02. The lowest BCUT2D eigenvalue weighted by atomic mass is 10.2. The Labute approximate surface area is 171 Å². The molecule has 0 saturated carbocycles. The Morgan fingerprint density at radius 2 is 1.97 bits per heavy atom. The van der Waals surface area contributed by atoms with Gasteiger partial charge in [-0.3, -0.25) is 4.79 Å². The maximum absolute atomic E-state index is 13.0. The second-order valence-corrected chi connectivity index (χ2v) is 7.40. The van der Waals surface area contributed by atoms with E-state index in [0.29, 0.717) is 17.4 Å². The Hall–Kier alpha value is -3.20. The molecule has 7 nitrogen and oxygen atoms in total. The van der Waals surface area contributed by atoms with Crippen LogP contribution in [0.5, 0.6) is 0 Å². The maximum Gasteiger partial charge on any atom is 0.234 e. The molecule has 0 atom stereocenters. The number of fused-ring (bicyclic) bond motifs is 1. The molecular weight excluding hydrogens is 391 g/mol. The van der Waals surface area contributed by atoms with Crippen LogP contribution in [0.1, 0.15) is 6.92 Å². The first-order valence-electron chi connectivity index (χ1n) is 9.08. The molecule has 0 fully saturated rings. The third-order valence-electron chi connectivity index (χ3n) is 4.48. The summed E-state index contributed by atoms with van der Waals surface area (Å²) < 4.78 is 16.9. The molecule has 9 heteroatoms. The summed E-state index contributed by atoms with van der Waals surface area (Å²) >= 11 is 1.31. The molecule has 0 unspecified atom stereocenters. The van der Waals surface area contributed by atoms with Crippen molar-refractivity contribution in [3.63, 3.8) is 0 Å². The highest BCUT2D eigenvalue weighted by Gasteiger charge is 2.15. The van der Waals surface area contributed by atoms with Crippen LogP contribution in [-0.2, 0) is 18.4 Å². The lowest BCUT2D eigenvalue weighted by Crippen LogP contribution is -2.14. The van der Waals surface area contributed by atoms with Gasteiger partial charge in [0.2, 0.25) is 5.91 Å². The van der Waals surface area contributed by atoms with Crippen molar-refractivity contribution in [1.82, 2.24) is 24.3 Å². The summed E-state index contributed by atoms with van der Waals surface area (Å²) in [5, 5.41) is 12.0. The Morgan fingerprint density at radius 1 is 1.17 bits per heavy atom. The average molecular weight is 410 g/mol. The van der Waals surface area contributed by atoms with Crippen LogP contribution in [0.4, 0.5) is 10.1 Å². The minimum Gasteiger partial charge on any atom is -0.334 e. The van der Waals surface area contributed by atoms with E-state index in [1.54, 1.807) is 6.33 Å². The molecule has 2 heterocycles. The van der Waals surface area contributed by atoms with E-state index < -0.39 is 0 Å². The highest BCUT2D eigenvalue weighted by Crippen LogP contribution is 2.26. The third-order valence-corrected chi connectivity index (χ3v) is 5.44. The van der Waals surface area contributed by atoms with Crippen LogP contribution in [0.2, 0.25) is 0 Å². The molecule has 2 aromatic carbocycles. The summed E-state index contributed by atoms with van der Waals surface area (Å²) in [6.45, 7) is 2.69. The summed E-state index contributed by atoms with van der Waals surface area (Å²) in [6, 6.07) is 11.6. The van der Waals surface area contributed by atoms with Crippen molar-refractivity contribution in [1.29, 1.82) is 0 Å². The number of benzene rings is 2. The zero-order valence-electron chi connectivity index (χ0n) is 16.0. The molecule has 0 aliphatic rings. The highest BCUT2D eigenvalue weighted by atomic mass is 32.2. The van der Waals surface area contributed by atoms with Crippen molar-refractivity contribution in [3.8, 4) is 11.4 Å². The van der Waals surface area contributed by atoms with Gasteiger partial charge in [-0.2, -0.15) is 0 Å². The summed E-state index contributed by atoms with van der Waals surface area (Å²) in [4.78, 5) is 16.5. The van der Waals surface area contributed by atoms with E-state index in [2.05, 4.69) is 20.5 Å². The second kappa shape index (κ2) is 8.04. The highest BCUT2D eigenvalue weighted by molar-refractivity contribution is 7.99. The van der Waals surface area contributed by atoms with Gasteiger partial charge in [-0.25, -0.2) is 9.37 Å². The van der Waals surface area contributed by atoms with Crippen molar-refractivity contribution in [3.05, 3.63) is 54.6 Å². The van der Waals surface area contributed by atoms with Crippen molar-refractivity contribution in [2.75, 3.05) is 11.1 Å². The molecule has 0 aliphatic heterocycles. The summed E-state index contributed by atoms with van der Waals surface area (Å²) in [5.41, 5.74) is 3.43. The monoisotopic (exact) mass is 410 g/mol. The van der Waals surface area contributed by atoms with Crippen molar-refractivity contribution >= 4 is 34.4 Å². The number of aromatic nitrogens is 5. The molecule has 29 heavy (non-hydrogen) atoms. The van der Waals surface area contributed by atoms with Gasteiger partial charge in [-0.15, -0.1) is 10.2 Å². The van der Waals surface area contributed by atoms with Crippen LogP contribution in [0.3, 0.4) is 0 Å². The molecule has 0 spiro atoms. The lowest BCUT2D eigenvalue weighted by Gasteiger charge is -2.08. The van der Waals surface area contributed by atoms with E-state index in [1.165, 1.54) is 36.0 Å². The van der Waals surface area contributed by atoms with Gasteiger partial charge < -0.3 is 14.5 Å². The summed E-state index contributed by atoms with van der Waals surface area (Å²) in [7, 11) is 1.95. The number of halogens is 1. The molecule has 2 aromatic heterocycles. The first kappa shape index (κ1) is 19.1. The van der Waals surface area contributed by atoms with Crippen molar-refractivity contribution in [2.45, 2.75) is 18.6 Å². The van der Waals surface area contributed by atoms with E-state index in [0.717, 1.165) is 22.4 Å². The largest absolute Gasteiger partial charge is 0.334 e. The predicted octanol–water partition coefficient (Wildman–Crippen LogP) is 3.72. The standard InChI is InChI=1S/C20H19FN6OS/c1-3-27-19(13-4-9-16-17(10-13)26(2)12-22-16)24-25-20(27)29-11-18(28)23-15-7-5-14(21)6-8-15/h4-10,12H,3,11H2,1-2H3,(H,23,28). The number of carbonyl (C=O) groups is 1. The minimum absolute atomic E-state index is 0.177. The molecule has 0 radical (unpaired) electrons. The van der Waals surface area contributed by atoms with Crippen LogP contribution in [0.25, 0.3) is 22.4 Å². The number of hydrogen-bond acceptors (Lipinski definition) is 5. The van der Waals surface area contributed by atoms with E-state index in [4.69, 9.17) is 0 Å². The SMILES string of the molecule is CCn1c(SCC(=O)Nc2ccc(F)cc2)nnc1-c1ccc2ncn(C)c2c1. The molecule has 1 N–H and O–H groups in total. The number of imidazole rings is 1. The first-order chi connectivity index (χ1) is 14.0. The molecule has 0 bridgehead atoms. The first-order valence-corrected chi connectivity index (χ1v) is 10.1. The van der Waals surface area contributed by atoms with Gasteiger partial charge >= 0.3 is 0 Å². The summed E-state index contributed by atoms with van der Waals surface area (Å²) in [5.74, 6) is 0.392. The third kappa shape index (κ3) is 4.00. The van der Waals surface area contributed by atoms with Crippen LogP contribution in [0.15, 0.2) is 53.9 Å². The maximum atomic E-state index is 13.0. The topological polar surface area (TPSA) is 77.6 Å². The molecule has 0 saturated heterocycles. The van der Waals surface area contributed by atoms with E-state index >= 15 is 0 Å². The summed E-state index contributed by atoms with van der Waals surface area (Å²) in [6.07, 6.45) is 1.78. The number of nitrogens with one attached hydrogen (secondary N) is 1. The van der Waals surface area contributed by atoms with E-state index in [9.17, 15) is 9.18 Å². The zero-order valence-corrected chi connectivity index (χ0v) is 16.8. The lowest BCUT2D eigenvalue weighted by molar-refractivity contribution is -0.113. The molecule has 148 valence electrons. The minimum atomic E-state index is -0.342. The number of hydrogen-bond donors (Lipinski definition) is 1. The van der Waals surface area contributed by atoms with E-state index in [-0.39, 0.29) is 17.5 Å². The van der Waals surface area contributed by atoms with Crippen LogP contribution in [-0.4, -0.2) is 36.0 Å². The smallest absolute Gasteiger partial charge is 0.234 e. The van der Waals surface area contributed by atoms with Gasteiger partial charge in [0.15, 0.2) is 11.0 Å². The van der Waals surface area contributed by atoms with E-state index in [1.807, 2.05) is 41.3 Å². The van der Waals surface area contributed by atoms with Gasteiger partial charge in [0.1, 0.15) is 5.82 Å². The molecular formula is C20H19FN6OS. The fourth-order valence-corrected chi connectivity index (χ4v) is 3.82. The Bertz CT molecular complexity index is 1170. The average Bonchev–Trinajstić information content (AvgIpc) is 3.31. The van der Waals surface area contributed by atoms with Gasteiger partial charge in [-0.05, 0) is 49.4 Å². The zero-order chi connectivity index (χ0) is 20.4. The Kier molecular flexibility index (Phi) is 5.30. The van der Waals surface area contributed by atoms with Gasteiger partial charge in [0.25, 0.3) is 0 Å². The van der Waals surface area contributed by atoms with Gasteiger partial charge in [0.05, 0.1) is 23.1 Å². The number of carbonyl (C=O) groups excluding carboxylic acids is 1. The number of thioether (sulfide) groups is 1. The number of aryl methyl sites for hydroxylation is 1. The molecule has 0 aliphatic carbocycles. The number of anilines is 1.